The minimum atomic E-state index is -0.472. The minimum Gasteiger partial charge on any atom is -0.486 e. The highest BCUT2D eigenvalue weighted by molar-refractivity contribution is 6.03. The summed E-state index contributed by atoms with van der Waals surface area (Å²) in [6.45, 7) is 4.05. The van der Waals surface area contributed by atoms with Gasteiger partial charge in [-0.05, 0) is 54.8 Å². The van der Waals surface area contributed by atoms with Gasteiger partial charge < -0.3 is 16.2 Å². The maximum Gasteiger partial charge on any atom is 0.280 e. The fraction of sp³-hybridized carbons (Fsp3) is 0.158. The van der Waals surface area contributed by atoms with E-state index in [1.54, 1.807) is 18.2 Å². The standard InChI is InChI=1S/C19H19N3O2/c1-11-5-3-4-6-14(11)15-9-12(2)24-17-8-7-13(10-16(15)17)18(23)22-19(20)21/h3-10,12H,1-2H3,(H4,20,21,22,23). The fourth-order valence-electron chi connectivity index (χ4n) is 2.83. The van der Waals surface area contributed by atoms with E-state index >= 15 is 0 Å². The SMILES string of the molecule is Cc1ccccc1C1=CC(C)Oc2ccc(C(=O)N=C(N)N)cc21. The molecule has 122 valence electrons. The van der Waals surface area contributed by atoms with Crippen LogP contribution >= 0.6 is 0 Å². The van der Waals surface area contributed by atoms with Crippen LogP contribution in [0.3, 0.4) is 0 Å². The molecule has 3 rings (SSSR count). The van der Waals surface area contributed by atoms with Gasteiger partial charge in [0.25, 0.3) is 5.91 Å². The van der Waals surface area contributed by atoms with Crippen LogP contribution in [0.5, 0.6) is 5.75 Å². The first-order chi connectivity index (χ1) is 11.5. The van der Waals surface area contributed by atoms with E-state index in [0.29, 0.717) is 5.56 Å². The molecule has 24 heavy (non-hydrogen) atoms. The molecule has 0 saturated heterocycles. The molecule has 0 radical (unpaired) electrons. The molecule has 1 aliphatic heterocycles. The van der Waals surface area contributed by atoms with Crippen molar-refractivity contribution in [2.75, 3.05) is 0 Å². The quantitative estimate of drug-likeness (QED) is 0.657. The molecule has 0 spiro atoms. The Morgan fingerprint density at radius 1 is 1.12 bits per heavy atom. The number of guanidine groups is 1. The molecular weight excluding hydrogens is 302 g/mol. The molecule has 2 aromatic rings. The van der Waals surface area contributed by atoms with Crippen LogP contribution in [0.15, 0.2) is 53.5 Å². The van der Waals surface area contributed by atoms with Crippen molar-refractivity contribution in [2.45, 2.75) is 20.0 Å². The van der Waals surface area contributed by atoms with Crippen LogP contribution in [0.1, 0.15) is 34.0 Å². The van der Waals surface area contributed by atoms with E-state index in [1.165, 1.54) is 0 Å². The Bertz CT molecular complexity index is 865. The van der Waals surface area contributed by atoms with Crippen LogP contribution in [0.25, 0.3) is 5.57 Å². The van der Waals surface area contributed by atoms with E-state index in [0.717, 1.165) is 28.0 Å². The number of nitrogens with two attached hydrogens (primary N) is 2. The number of benzene rings is 2. The lowest BCUT2D eigenvalue weighted by molar-refractivity contribution is 0.100. The molecule has 4 N–H and O–H groups in total. The zero-order chi connectivity index (χ0) is 17.3. The normalized spacial score (nSPS) is 15.8. The molecule has 0 bridgehead atoms. The van der Waals surface area contributed by atoms with Crippen LogP contribution in [0, 0.1) is 6.92 Å². The van der Waals surface area contributed by atoms with Crippen LogP contribution in [-0.4, -0.2) is 18.0 Å². The lowest BCUT2D eigenvalue weighted by atomic mass is 9.90. The van der Waals surface area contributed by atoms with Crippen molar-refractivity contribution in [3.8, 4) is 5.75 Å². The van der Waals surface area contributed by atoms with Crippen molar-refractivity contribution in [1.29, 1.82) is 0 Å². The summed E-state index contributed by atoms with van der Waals surface area (Å²) in [5.74, 6) is 0.0160. The number of ether oxygens (including phenoxy) is 1. The van der Waals surface area contributed by atoms with Crippen LogP contribution in [-0.2, 0) is 0 Å². The highest BCUT2D eigenvalue weighted by Crippen LogP contribution is 2.37. The van der Waals surface area contributed by atoms with E-state index in [-0.39, 0.29) is 12.1 Å². The second-order valence-electron chi connectivity index (χ2n) is 5.77. The van der Waals surface area contributed by atoms with Gasteiger partial charge in [-0.15, -0.1) is 0 Å². The monoisotopic (exact) mass is 321 g/mol. The van der Waals surface area contributed by atoms with Crippen molar-refractivity contribution in [2.24, 2.45) is 16.5 Å². The molecule has 0 saturated carbocycles. The smallest absolute Gasteiger partial charge is 0.280 e. The average molecular weight is 321 g/mol. The molecule has 1 heterocycles. The van der Waals surface area contributed by atoms with Crippen molar-refractivity contribution in [3.63, 3.8) is 0 Å². The van der Waals surface area contributed by atoms with Crippen molar-refractivity contribution < 1.29 is 9.53 Å². The molecule has 5 heteroatoms. The Hall–Kier alpha value is -3.08. The van der Waals surface area contributed by atoms with E-state index in [2.05, 4.69) is 30.1 Å². The zero-order valence-electron chi connectivity index (χ0n) is 13.6. The lowest BCUT2D eigenvalue weighted by Crippen LogP contribution is -2.24. The van der Waals surface area contributed by atoms with E-state index in [9.17, 15) is 4.79 Å². The third kappa shape index (κ3) is 3.01. The molecular formula is C19H19N3O2. The summed E-state index contributed by atoms with van der Waals surface area (Å²) < 4.78 is 5.87. The molecule has 1 unspecified atom stereocenters. The van der Waals surface area contributed by atoms with Gasteiger partial charge in [-0.3, -0.25) is 4.79 Å². The topological polar surface area (TPSA) is 90.7 Å². The first-order valence-corrected chi connectivity index (χ1v) is 7.68. The summed E-state index contributed by atoms with van der Waals surface area (Å²) in [6, 6.07) is 13.3. The van der Waals surface area contributed by atoms with Gasteiger partial charge in [-0.2, -0.15) is 4.99 Å². The van der Waals surface area contributed by atoms with Crippen molar-refractivity contribution in [1.82, 2.24) is 0 Å². The number of aliphatic imine (C=N–C) groups is 1. The van der Waals surface area contributed by atoms with Gasteiger partial charge in [0.15, 0.2) is 5.96 Å². The Morgan fingerprint density at radius 3 is 2.58 bits per heavy atom. The summed E-state index contributed by atoms with van der Waals surface area (Å²) >= 11 is 0. The van der Waals surface area contributed by atoms with Crippen LogP contribution in [0.4, 0.5) is 0 Å². The molecule has 5 nitrogen and oxygen atoms in total. The first kappa shape index (κ1) is 15.8. The molecule has 1 atom stereocenters. The van der Waals surface area contributed by atoms with Crippen LogP contribution < -0.4 is 16.2 Å². The molecule has 1 aliphatic rings. The summed E-state index contributed by atoms with van der Waals surface area (Å²) in [6.07, 6.45) is 2.01. The average Bonchev–Trinajstić information content (AvgIpc) is 2.53. The largest absolute Gasteiger partial charge is 0.486 e. The molecule has 1 amide bonds. The number of carbonyl (C=O) groups is 1. The summed E-state index contributed by atoms with van der Waals surface area (Å²) in [4.78, 5) is 15.7. The predicted molar refractivity (Wildman–Crippen MR) is 94.9 cm³/mol. The highest BCUT2D eigenvalue weighted by Gasteiger charge is 2.21. The van der Waals surface area contributed by atoms with Gasteiger partial charge in [0.05, 0.1) is 0 Å². The Balaban J connectivity index is 2.13. The van der Waals surface area contributed by atoms with Gasteiger partial charge in [-0.1, -0.05) is 24.3 Å². The zero-order valence-corrected chi connectivity index (χ0v) is 13.6. The van der Waals surface area contributed by atoms with Gasteiger partial charge in [0.1, 0.15) is 11.9 Å². The maximum atomic E-state index is 12.1. The Kier molecular flexibility index (Phi) is 4.08. The molecule has 0 fully saturated rings. The number of amides is 1. The second-order valence-corrected chi connectivity index (χ2v) is 5.77. The number of carbonyl (C=O) groups excluding carboxylic acids is 1. The molecule has 2 aromatic carbocycles. The summed E-state index contributed by atoms with van der Waals surface area (Å²) in [5, 5.41) is 0. The second kappa shape index (κ2) is 6.20. The van der Waals surface area contributed by atoms with Crippen molar-refractivity contribution in [3.05, 3.63) is 70.8 Å². The van der Waals surface area contributed by atoms with E-state index in [4.69, 9.17) is 16.2 Å². The highest BCUT2D eigenvalue weighted by atomic mass is 16.5. The van der Waals surface area contributed by atoms with Gasteiger partial charge in [-0.25, -0.2) is 0 Å². The minimum absolute atomic E-state index is 0.0497. The first-order valence-electron chi connectivity index (χ1n) is 7.68. The number of hydrogen-bond acceptors (Lipinski definition) is 2. The third-order valence-electron chi connectivity index (χ3n) is 3.90. The maximum absolute atomic E-state index is 12.1. The van der Waals surface area contributed by atoms with Gasteiger partial charge >= 0.3 is 0 Å². The summed E-state index contributed by atoms with van der Waals surface area (Å²) in [5.41, 5.74) is 15.2. The van der Waals surface area contributed by atoms with Gasteiger partial charge in [0.2, 0.25) is 0 Å². The van der Waals surface area contributed by atoms with E-state index < -0.39 is 5.91 Å². The number of nitrogens with zero attached hydrogens (tertiary/aromatic N) is 1. The number of aryl methyl sites for hydroxylation is 1. The molecule has 0 aromatic heterocycles. The van der Waals surface area contributed by atoms with Crippen LogP contribution in [0.2, 0.25) is 0 Å². The molecule has 0 aliphatic carbocycles. The summed E-state index contributed by atoms with van der Waals surface area (Å²) in [7, 11) is 0. The Labute approximate surface area is 140 Å². The number of hydrogen-bond donors (Lipinski definition) is 2. The lowest BCUT2D eigenvalue weighted by Gasteiger charge is -2.24. The van der Waals surface area contributed by atoms with Gasteiger partial charge in [0, 0.05) is 11.1 Å². The van der Waals surface area contributed by atoms with Crippen molar-refractivity contribution >= 4 is 17.4 Å². The number of rotatable bonds is 2. The third-order valence-corrected chi connectivity index (χ3v) is 3.90. The predicted octanol–water partition coefficient (Wildman–Crippen LogP) is 2.62. The van der Waals surface area contributed by atoms with E-state index in [1.807, 2.05) is 19.1 Å². The number of fused-ring (bicyclic) bond motifs is 1. The Morgan fingerprint density at radius 2 is 1.88 bits per heavy atom. The fourth-order valence-corrected chi connectivity index (χ4v) is 2.83.